The maximum Gasteiger partial charge on any atom is 0.307 e. The van der Waals surface area contributed by atoms with E-state index in [1.54, 1.807) is 0 Å². The van der Waals surface area contributed by atoms with Crippen molar-refractivity contribution < 1.29 is 12.4 Å². The first-order chi connectivity index (χ1) is 7.85. The third-order valence-electron chi connectivity index (χ3n) is 2.67. The van der Waals surface area contributed by atoms with Crippen LogP contribution in [0.2, 0.25) is 0 Å². The predicted octanol–water partition coefficient (Wildman–Crippen LogP) is -0.973. The lowest BCUT2D eigenvalue weighted by molar-refractivity contribution is -0.00000393. The lowest BCUT2D eigenvalue weighted by Crippen LogP contribution is -3.00. The van der Waals surface area contributed by atoms with Gasteiger partial charge >= 0.3 is 7.87 Å². The van der Waals surface area contributed by atoms with Crippen LogP contribution < -0.4 is 12.4 Å². The summed E-state index contributed by atoms with van der Waals surface area (Å²) in [6.45, 7) is 9.43. The van der Waals surface area contributed by atoms with Gasteiger partial charge in [0.15, 0.2) is 0 Å². The molecule has 0 spiro atoms. The smallest absolute Gasteiger partial charge is 0.307 e. The first kappa shape index (κ1) is 20.4. The quantitative estimate of drug-likeness (QED) is 0.422. The molecule has 0 rings (SSSR count). The van der Waals surface area contributed by atoms with Gasteiger partial charge in [-0.3, -0.25) is 0 Å². The highest BCUT2D eigenvalue weighted by atomic mass is 35.5. The number of halogens is 1. The molecule has 6 heteroatoms. The highest BCUT2D eigenvalue weighted by Gasteiger charge is 2.53. The van der Waals surface area contributed by atoms with Gasteiger partial charge in [0.25, 0.3) is 0 Å². The number of nitrogens with zero attached hydrogens (tertiary/aromatic N) is 4. The molecule has 0 aromatic carbocycles. The normalized spacial score (nSPS) is 12.1. The van der Waals surface area contributed by atoms with Gasteiger partial charge in [-0.05, 0) is 0 Å². The number of hydrogen-bond acceptors (Lipinski definition) is 4. The molecule has 0 aromatic heterocycles. The molecule has 0 heterocycles. The lowest BCUT2D eigenvalue weighted by atomic mass is 10.5. The van der Waals surface area contributed by atoms with E-state index in [1.165, 1.54) is 0 Å². The van der Waals surface area contributed by atoms with Crippen molar-refractivity contribution >= 4 is 7.87 Å². The molecule has 0 aliphatic rings. The monoisotopic (exact) mass is 294 g/mol. The Bertz CT molecular complexity index is 225. The van der Waals surface area contributed by atoms with E-state index in [4.69, 9.17) is 0 Å². The highest BCUT2D eigenvalue weighted by Crippen LogP contribution is 2.66. The Balaban J connectivity index is 0. The summed E-state index contributed by atoms with van der Waals surface area (Å²) in [5.41, 5.74) is 0. The summed E-state index contributed by atoms with van der Waals surface area (Å²) in [6.07, 6.45) is 3.91. The molecule has 0 aliphatic heterocycles. The Labute approximate surface area is 120 Å². The largest absolute Gasteiger partial charge is 1.00 e. The van der Waals surface area contributed by atoms with E-state index in [9.17, 15) is 0 Å². The molecule has 0 fully saturated rings. The van der Waals surface area contributed by atoms with Crippen molar-refractivity contribution in [3.63, 3.8) is 0 Å². The zero-order valence-electron chi connectivity index (χ0n) is 12.6. The fourth-order valence-corrected chi connectivity index (χ4v) is 6.76. The lowest BCUT2D eigenvalue weighted by Gasteiger charge is -2.44. The van der Waals surface area contributed by atoms with Crippen LogP contribution >= 0.6 is 7.87 Å². The van der Waals surface area contributed by atoms with E-state index < -0.39 is 7.87 Å². The average Bonchev–Trinajstić information content (AvgIpc) is 2.17. The third kappa shape index (κ3) is 4.02. The summed E-state index contributed by atoms with van der Waals surface area (Å²) in [4.78, 5) is 0. The van der Waals surface area contributed by atoms with Gasteiger partial charge in [0, 0.05) is 42.3 Å². The summed E-state index contributed by atoms with van der Waals surface area (Å²) >= 11 is 0. The van der Waals surface area contributed by atoms with Crippen LogP contribution in [0.4, 0.5) is 0 Å². The molecule has 0 saturated heterocycles. The van der Waals surface area contributed by atoms with E-state index in [2.05, 4.69) is 74.1 Å². The van der Waals surface area contributed by atoms with Crippen molar-refractivity contribution in [2.45, 2.75) is 0 Å². The Kier molecular flexibility index (Phi) is 10.2. The van der Waals surface area contributed by atoms with Crippen molar-refractivity contribution in [2.24, 2.45) is 0 Å². The Morgan fingerprint density at radius 2 is 1.06 bits per heavy atom. The van der Waals surface area contributed by atoms with Gasteiger partial charge in [0.2, 0.25) is 0 Å². The topological polar surface area (TPSA) is 13.0 Å². The van der Waals surface area contributed by atoms with Crippen molar-refractivity contribution in [3.8, 4) is 0 Å². The van der Waals surface area contributed by atoms with Gasteiger partial charge in [-0.2, -0.15) is 0 Å². The molecule has 108 valence electrons. The molecule has 0 aromatic rings. The second kappa shape index (κ2) is 9.03. The van der Waals surface area contributed by atoms with E-state index in [0.717, 1.165) is 13.1 Å². The van der Waals surface area contributed by atoms with Crippen LogP contribution in [0.5, 0.6) is 0 Å². The van der Waals surface area contributed by atoms with Crippen molar-refractivity contribution in [2.75, 3.05) is 55.4 Å². The Morgan fingerprint density at radius 1 is 0.778 bits per heavy atom. The fourth-order valence-electron chi connectivity index (χ4n) is 2.42. The van der Waals surface area contributed by atoms with Gasteiger partial charge in [0.05, 0.1) is 13.1 Å². The van der Waals surface area contributed by atoms with Crippen molar-refractivity contribution in [1.29, 1.82) is 0 Å². The molecule has 0 bridgehead atoms. The first-order valence-corrected chi connectivity index (χ1v) is 7.35. The van der Waals surface area contributed by atoms with Crippen LogP contribution in [-0.4, -0.2) is 74.1 Å². The van der Waals surface area contributed by atoms with Gasteiger partial charge in [-0.1, -0.05) is 12.2 Å². The molecule has 0 radical (unpaired) electrons. The summed E-state index contributed by atoms with van der Waals surface area (Å²) in [5.74, 6) is 0. The van der Waals surface area contributed by atoms with Crippen LogP contribution in [0, 0.1) is 0 Å². The molecule has 0 saturated carbocycles. The van der Waals surface area contributed by atoms with Crippen LogP contribution in [0.1, 0.15) is 0 Å². The molecular weight excluding hydrogens is 267 g/mol. The maximum atomic E-state index is 3.86. The van der Waals surface area contributed by atoms with Gasteiger partial charge in [-0.15, -0.1) is 31.8 Å². The molecule has 0 amide bonds. The minimum atomic E-state index is -1.66. The van der Waals surface area contributed by atoms with Crippen LogP contribution in [0.15, 0.2) is 25.3 Å². The van der Waals surface area contributed by atoms with E-state index in [-0.39, 0.29) is 12.4 Å². The maximum absolute atomic E-state index is 3.86. The standard InChI is InChI=1S/C12H28N4P.ClH/c1-9-11-16(12-10-2)17(13(3)4,14(5)6)15(7)8;/h9-10H,1-2,11-12H2,3-8H3;1H/q+1;/p-1. The first-order valence-electron chi connectivity index (χ1n) is 5.75. The second-order valence-corrected chi connectivity index (χ2v) is 8.57. The SMILES string of the molecule is C=CCN(CC=C)[P+](N(C)C)(N(C)C)N(C)C.[Cl-]. The zero-order valence-corrected chi connectivity index (χ0v) is 14.2. The summed E-state index contributed by atoms with van der Waals surface area (Å²) < 4.78 is 9.34. The Morgan fingerprint density at radius 3 is 1.22 bits per heavy atom. The molecule has 0 N–H and O–H groups in total. The fraction of sp³-hybridized carbons (Fsp3) is 0.667. The summed E-state index contributed by atoms with van der Waals surface area (Å²) in [6, 6.07) is 0. The zero-order chi connectivity index (χ0) is 13.6. The van der Waals surface area contributed by atoms with Gasteiger partial charge in [-0.25, -0.2) is 0 Å². The van der Waals surface area contributed by atoms with Crippen LogP contribution in [0.3, 0.4) is 0 Å². The molecule has 0 atom stereocenters. The number of rotatable bonds is 8. The van der Waals surface area contributed by atoms with Crippen LogP contribution in [-0.2, 0) is 0 Å². The molecule has 0 aliphatic carbocycles. The van der Waals surface area contributed by atoms with E-state index >= 15 is 0 Å². The Hall–Kier alpha value is 0.0400. The predicted molar refractivity (Wildman–Crippen MR) is 79.9 cm³/mol. The minimum Gasteiger partial charge on any atom is -1.00 e. The van der Waals surface area contributed by atoms with E-state index in [0.29, 0.717) is 0 Å². The third-order valence-corrected chi connectivity index (χ3v) is 6.97. The minimum absolute atomic E-state index is 0. The van der Waals surface area contributed by atoms with E-state index in [1.807, 2.05) is 12.2 Å². The molecule has 4 nitrogen and oxygen atoms in total. The second-order valence-electron chi connectivity index (χ2n) is 4.53. The highest BCUT2D eigenvalue weighted by molar-refractivity contribution is 7.66. The average molecular weight is 295 g/mol. The summed E-state index contributed by atoms with van der Waals surface area (Å²) in [5, 5.41) is 0. The molecular formula is C12H28ClN4P. The van der Waals surface area contributed by atoms with Gasteiger partial charge < -0.3 is 12.4 Å². The molecule has 0 unspecified atom stereocenters. The molecule has 18 heavy (non-hydrogen) atoms. The van der Waals surface area contributed by atoms with Gasteiger partial charge in [0.1, 0.15) is 0 Å². The van der Waals surface area contributed by atoms with Crippen molar-refractivity contribution in [3.05, 3.63) is 25.3 Å². The van der Waals surface area contributed by atoms with Crippen LogP contribution in [0.25, 0.3) is 0 Å². The van der Waals surface area contributed by atoms with Crippen molar-refractivity contribution in [1.82, 2.24) is 18.7 Å². The number of hydrogen-bond donors (Lipinski definition) is 0. The summed E-state index contributed by atoms with van der Waals surface area (Å²) in [7, 11) is 11.1.